The molecule has 4 aromatic carbocycles. The number of pyridine rings is 1. The van der Waals surface area contributed by atoms with Crippen LogP contribution in [0.5, 0.6) is 5.75 Å². The number of rotatable bonds is 7. The number of ether oxygens (including phenoxy) is 1. The number of nitrogens with one attached hydrogen (secondary N) is 1. The lowest BCUT2D eigenvalue weighted by atomic mass is 9.97. The van der Waals surface area contributed by atoms with Gasteiger partial charge in [-0.15, -0.1) is 0 Å². The van der Waals surface area contributed by atoms with E-state index in [-0.39, 0.29) is 35.9 Å². The van der Waals surface area contributed by atoms with E-state index in [0.717, 1.165) is 27.6 Å². The third kappa shape index (κ3) is 5.86. The molecule has 0 bridgehead atoms. The Hall–Kier alpha value is -5.34. The van der Waals surface area contributed by atoms with Crippen LogP contribution in [0, 0.1) is 6.92 Å². The minimum absolute atomic E-state index is 0.0447. The molecule has 0 atom stereocenters. The maximum atomic E-state index is 13.1. The van der Waals surface area contributed by atoms with Crippen molar-refractivity contribution in [3.63, 3.8) is 0 Å². The number of aromatic amines is 1. The van der Waals surface area contributed by atoms with Crippen LogP contribution in [0.3, 0.4) is 0 Å². The summed E-state index contributed by atoms with van der Waals surface area (Å²) in [5.41, 5.74) is 5.28. The van der Waals surface area contributed by atoms with Gasteiger partial charge in [0.1, 0.15) is 5.75 Å². The summed E-state index contributed by atoms with van der Waals surface area (Å²) in [5, 5.41) is 11.5. The zero-order valence-electron chi connectivity index (χ0n) is 22.8. The van der Waals surface area contributed by atoms with Crippen LogP contribution in [0.1, 0.15) is 17.1 Å². The topological polar surface area (TPSA) is 123 Å². The molecule has 9 heteroatoms. The number of carbonyl (C=O) groups excluding carboxylic acids is 1. The summed E-state index contributed by atoms with van der Waals surface area (Å²) in [5.74, 6) is -0.769. The van der Waals surface area contributed by atoms with E-state index in [1.165, 1.54) is 0 Å². The van der Waals surface area contributed by atoms with Crippen molar-refractivity contribution in [2.75, 3.05) is 0 Å². The quantitative estimate of drug-likeness (QED) is 0.190. The second-order valence-corrected chi connectivity index (χ2v) is 10.4. The second kappa shape index (κ2) is 11.5. The molecule has 0 unspecified atom stereocenters. The van der Waals surface area contributed by atoms with Crippen LogP contribution in [0.4, 0.5) is 0 Å². The summed E-state index contributed by atoms with van der Waals surface area (Å²) in [6.45, 7) is 1.33. The number of para-hydroxylation sites is 1. The van der Waals surface area contributed by atoms with Crippen LogP contribution in [0.25, 0.3) is 44.3 Å². The standard InChI is InChI=1S/C34H24ClNO7/c1-19-31(43-34(40)42-19)18-41-32(38)14-20-5-4-6-23(13-20)27-16-24-15-26(28(35)17-29(24)36-33(27)39)22-11-9-21(10-12-22)25-7-2-3-8-30(25)37/h2-13,15-17,37H,14,18H2,1H3,(H,36,39). The van der Waals surface area contributed by atoms with E-state index in [0.29, 0.717) is 27.2 Å². The lowest BCUT2D eigenvalue weighted by Crippen LogP contribution is -2.10. The predicted molar refractivity (Wildman–Crippen MR) is 163 cm³/mol. The maximum absolute atomic E-state index is 13.1. The number of esters is 1. The van der Waals surface area contributed by atoms with Crippen molar-refractivity contribution in [3.8, 4) is 39.1 Å². The summed E-state index contributed by atoms with van der Waals surface area (Å²) in [6.07, 6.45) is -0.0447. The number of benzene rings is 4. The van der Waals surface area contributed by atoms with Crippen LogP contribution in [0.15, 0.2) is 109 Å². The van der Waals surface area contributed by atoms with Gasteiger partial charge in [-0.2, -0.15) is 0 Å². The molecule has 0 amide bonds. The molecule has 0 saturated heterocycles. The Labute approximate surface area is 249 Å². The number of aryl methyl sites for hydroxylation is 1. The monoisotopic (exact) mass is 593 g/mol. The summed E-state index contributed by atoms with van der Waals surface area (Å²) in [7, 11) is 0. The maximum Gasteiger partial charge on any atom is 0.519 e. The number of carbonyl (C=O) groups is 1. The SMILES string of the molecule is Cc1oc(=O)oc1COC(=O)Cc1cccc(-c2cc3cc(-c4ccc(-c5ccccc5O)cc4)c(Cl)cc3[nH]c2=O)c1. The number of H-pyrrole nitrogens is 1. The van der Waals surface area contributed by atoms with Crippen LogP contribution in [0.2, 0.25) is 5.02 Å². The van der Waals surface area contributed by atoms with Gasteiger partial charge in [0.2, 0.25) is 0 Å². The smallest absolute Gasteiger partial charge is 0.507 e. The highest BCUT2D eigenvalue weighted by molar-refractivity contribution is 6.34. The molecule has 0 fully saturated rings. The number of hydrogen-bond acceptors (Lipinski definition) is 7. The Morgan fingerprint density at radius 1 is 0.837 bits per heavy atom. The normalized spacial score (nSPS) is 11.1. The average molecular weight is 594 g/mol. The second-order valence-electron chi connectivity index (χ2n) is 10.00. The molecule has 0 aliphatic heterocycles. The Morgan fingerprint density at radius 2 is 1.56 bits per heavy atom. The first-order valence-electron chi connectivity index (χ1n) is 13.3. The number of phenolic OH excluding ortho intramolecular Hbond substituents is 1. The molecule has 2 aromatic heterocycles. The van der Waals surface area contributed by atoms with Crippen molar-refractivity contribution < 1.29 is 23.5 Å². The van der Waals surface area contributed by atoms with Gasteiger partial charge in [-0.1, -0.05) is 78.3 Å². The van der Waals surface area contributed by atoms with Crippen LogP contribution < -0.4 is 11.4 Å². The zero-order valence-corrected chi connectivity index (χ0v) is 23.6. The van der Waals surface area contributed by atoms with E-state index < -0.39 is 11.8 Å². The highest BCUT2D eigenvalue weighted by Gasteiger charge is 2.14. The first-order chi connectivity index (χ1) is 20.7. The van der Waals surface area contributed by atoms with Gasteiger partial charge in [0.25, 0.3) is 5.56 Å². The van der Waals surface area contributed by atoms with Gasteiger partial charge in [-0.25, -0.2) is 4.79 Å². The predicted octanol–water partition coefficient (Wildman–Crippen LogP) is 7.03. The highest BCUT2D eigenvalue weighted by Crippen LogP contribution is 2.35. The molecule has 0 aliphatic rings. The highest BCUT2D eigenvalue weighted by atomic mass is 35.5. The average Bonchev–Trinajstić information content (AvgIpc) is 3.32. The summed E-state index contributed by atoms with van der Waals surface area (Å²) < 4.78 is 14.9. The fourth-order valence-electron chi connectivity index (χ4n) is 4.93. The van der Waals surface area contributed by atoms with Crippen molar-refractivity contribution >= 4 is 28.5 Å². The van der Waals surface area contributed by atoms with Gasteiger partial charge in [-0.05, 0) is 58.8 Å². The van der Waals surface area contributed by atoms with Crippen LogP contribution in [-0.2, 0) is 22.6 Å². The molecule has 214 valence electrons. The largest absolute Gasteiger partial charge is 0.519 e. The fourth-order valence-corrected chi connectivity index (χ4v) is 5.20. The number of aromatic nitrogens is 1. The lowest BCUT2D eigenvalue weighted by Gasteiger charge is -2.11. The van der Waals surface area contributed by atoms with E-state index in [1.54, 1.807) is 55.5 Å². The number of phenols is 1. The van der Waals surface area contributed by atoms with Gasteiger partial charge in [0, 0.05) is 22.2 Å². The lowest BCUT2D eigenvalue weighted by molar-refractivity contribution is -0.144. The summed E-state index contributed by atoms with van der Waals surface area (Å²) in [6, 6.07) is 27.4. The minimum Gasteiger partial charge on any atom is -0.507 e. The Bertz CT molecular complexity index is 2110. The molecule has 8 nitrogen and oxygen atoms in total. The van der Waals surface area contributed by atoms with E-state index in [9.17, 15) is 19.5 Å². The van der Waals surface area contributed by atoms with Gasteiger partial charge < -0.3 is 23.7 Å². The molecular formula is C34H24ClNO7. The molecule has 43 heavy (non-hydrogen) atoms. The van der Waals surface area contributed by atoms with E-state index >= 15 is 0 Å². The van der Waals surface area contributed by atoms with Gasteiger partial charge in [-0.3, -0.25) is 9.59 Å². The molecule has 6 rings (SSSR count). The van der Waals surface area contributed by atoms with Crippen molar-refractivity contribution in [2.45, 2.75) is 20.0 Å². The first-order valence-corrected chi connectivity index (χ1v) is 13.7. The molecule has 2 N–H and O–H groups in total. The van der Waals surface area contributed by atoms with Crippen molar-refractivity contribution in [1.29, 1.82) is 0 Å². The molecular weight excluding hydrogens is 570 g/mol. The first kappa shape index (κ1) is 27.8. The number of fused-ring (bicyclic) bond motifs is 1. The number of halogens is 1. The van der Waals surface area contributed by atoms with E-state index in [4.69, 9.17) is 25.2 Å². The number of hydrogen-bond donors (Lipinski definition) is 2. The third-order valence-electron chi connectivity index (χ3n) is 7.13. The van der Waals surface area contributed by atoms with Crippen molar-refractivity contribution in [1.82, 2.24) is 4.98 Å². The Balaban J connectivity index is 1.26. The summed E-state index contributed by atoms with van der Waals surface area (Å²) >= 11 is 6.64. The van der Waals surface area contributed by atoms with Crippen molar-refractivity contribution in [2.24, 2.45) is 0 Å². The van der Waals surface area contributed by atoms with Crippen LogP contribution >= 0.6 is 11.6 Å². The van der Waals surface area contributed by atoms with E-state index in [1.807, 2.05) is 42.5 Å². The Kier molecular flexibility index (Phi) is 7.44. The van der Waals surface area contributed by atoms with Gasteiger partial charge in [0.15, 0.2) is 18.1 Å². The Morgan fingerprint density at radius 3 is 2.28 bits per heavy atom. The minimum atomic E-state index is -0.853. The number of aromatic hydroxyl groups is 1. The molecule has 0 aliphatic carbocycles. The van der Waals surface area contributed by atoms with Crippen LogP contribution in [-0.4, -0.2) is 16.1 Å². The molecule has 2 heterocycles. The molecule has 6 aromatic rings. The fraction of sp³-hybridized carbons (Fsp3) is 0.0882. The molecule has 0 radical (unpaired) electrons. The van der Waals surface area contributed by atoms with Crippen molar-refractivity contribution in [3.05, 3.63) is 134 Å². The zero-order chi connectivity index (χ0) is 30.1. The summed E-state index contributed by atoms with van der Waals surface area (Å²) in [4.78, 5) is 39.6. The third-order valence-corrected chi connectivity index (χ3v) is 7.44. The van der Waals surface area contributed by atoms with E-state index in [2.05, 4.69) is 4.98 Å². The van der Waals surface area contributed by atoms with Gasteiger partial charge in [0.05, 0.1) is 11.4 Å². The van der Waals surface area contributed by atoms with Gasteiger partial charge >= 0.3 is 11.8 Å². The molecule has 0 saturated carbocycles. The molecule has 0 spiro atoms.